The summed E-state index contributed by atoms with van der Waals surface area (Å²) in [4.78, 5) is 22.7. The fraction of sp³-hybridized carbons (Fsp3) is 0.697. The van der Waals surface area contributed by atoms with Crippen molar-refractivity contribution in [2.75, 3.05) is 25.0 Å². The molecule has 11 nitrogen and oxygen atoms in total. The van der Waals surface area contributed by atoms with Crippen LogP contribution in [0.15, 0.2) is 36.5 Å². The summed E-state index contributed by atoms with van der Waals surface area (Å²) in [7, 11) is 0. The van der Waals surface area contributed by atoms with Gasteiger partial charge in [-0.25, -0.2) is 0 Å². The molecule has 0 aliphatic carbocycles. The van der Waals surface area contributed by atoms with Gasteiger partial charge in [0.1, 0.15) is 12.2 Å². The molecule has 1 rings (SSSR count). The van der Waals surface area contributed by atoms with Crippen LogP contribution in [-0.2, 0) is 9.59 Å². The minimum atomic E-state index is -1.40. The Bertz CT molecular complexity index is 961. The van der Waals surface area contributed by atoms with Gasteiger partial charge in [0.05, 0.1) is 12.2 Å². The summed E-state index contributed by atoms with van der Waals surface area (Å²) in [6.07, 6.45) is -3.98. The van der Waals surface area contributed by atoms with E-state index in [9.17, 15) is 35.0 Å². The van der Waals surface area contributed by atoms with Crippen LogP contribution in [0.2, 0.25) is 6.82 Å². The first-order chi connectivity index (χ1) is 20.8. The fourth-order valence-electron chi connectivity index (χ4n) is 3.40. The summed E-state index contributed by atoms with van der Waals surface area (Å²) in [6.45, 7) is 23.8. The molecule has 260 valence electrons. The van der Waals surface area contributed by atoms with Crippen molar-refractivity contribution >= 4 is 29.9 Å². The number of rotatable bonds is 17. The second-order valence-corrected chi connectivity index (χ2v) is 12.5. The fourth-order valence-corrected chi connectivity index (χ4v) is 3.40. The summed E-state index contributed by atoms with van der Waals surface area (Å²) < 4.78 is 0. The third kappa shape index (κ3) is 21.8. The molecule has 4 unspecified atom stereocenters. The van der Waals surface area contributed by atoms with E-state index in [0.717, 1.165) is 16.8 Å². The molecule has 1 aromatic rings. The number of carbonyl (C=O) groups is 2. The van der Waals surface area contributed by atoms with Crippen LogP contribution in [-0.4, -0.2) is 94.3 Å². The Morgan fingerprint density at radius 1 is 0.844 bits per heavy atom. The predicted octanol–water partition coefficient (Wildman–Crippen LogP) is 1.85. The molecule has 9 N–H and O–H groups in total. The van der Waals surface area contributed by atoms with Gasteiger partial charge in [0.15, 0.2) is 0 Å². The van der Waals surface area contributed by atoms with Crippen molar-refractivity contribution in [1.29, 1.82) is 0 Å². The van der Waals surface area contributed by atoms with Crippen molar-refractivity contribution in [3.8, 4) is 0 Å². The van der Waals surface area contributed by atoms with E-state index in [2.05, 4.69) is 55.5 Å². The topological polar surface area (TPSA) is 183 Å². The van der Waals surface area contributed by atoms with Gasteiger partial charge in [0, 0.05) is 42.4 Å². The molecule has 4 atom stereocenters. The van der Waals surface area contributed by atoms with Gasteiger partial charge in [-0.2, -0.15) is 0 Å². The molecule has 2 amide bonds. The zero-order valence-electron chi connectivity index (χ0n) is 29.3. The van der Waals surface area contributed by atoms with Crippen molar-refractivity contribution in [3.63, 3.8) is 0 Å². The van der Waals surface area contributed by atoms with E-state index in [4.69, 9.17) is 0 Å². The maximum absolute atomic E-state index is 11.4. The van der Waals surface area contributed by atoms with Crippen molar-refractivity contribution in [2.45, 2.75) is 112 Å². The maximum Gasteiger partial charge on any atom is 0.320 e. The Kier molecular flexibility index (Phi) is 24.5. The predicted molar refractivity (Wildman–Crippen MR) is 185 cm³/mol. The van der Waals surface area contributed by atoms with E-state index < -0.39 is 31.3 Å². The molecule has 45 heavy (non-hydrogen) atoms. The highest BCUT2D eigenvalue weighted by Crippen LogP contribution is 2.08. The molecule has 0 spiro atoms. The molecule has 0 heterocycles. The molecular weight excluding hydrogens is 575 g/mol. The summed E-state index contributed by atoms with van der Waals surface area (Å²) in [5.74, 6) is 0.453. The normalized spacial score (nSPS) is 13.6. The van der Waals surface area contributed by atoms with Gasteiger partial charge in [0.2, 0.25) is 11.8 Å². The lowest BCUT2D eigenvalue weighted by Gasteiger charge is -2.26. The van der Waals surface area contributed by atoms with Crippen LogP contribution >= 0.6 is 0 Å². The number of anilines is 1. The van der Waals surface area contributed by atoms with Gasteiger partial charge in [-0.3, -0.25) is 9.59 Å². The average Bonchev–Trinajstić information content (AvgIpc) is 2.97. The summed E-state index contributed by atoms with van der Waals surface area (Å²) in [5, 5.41) is 59.5. The van der Waals surface area contributed by atoms with E-state index in [-0.39, 0.29) is 30.2 Å². The standard InChI is InChI=1S/C14H30N2O5.C11H16BNO2.C8H17N/c1-4-10(17)12(19)13(20)11(18)8-15-6-5-7-16-14(21)9(2)3;1-8(2)11(14)13-10-6-4-5-9(7-10)12(3)15;1-6(2)8(5)9-7(3)4/h9-13,15,17-20H,4-8H2,1-3H3,(H,16,21);4-8,15H,1-3H3,(H,13,14);6-7,9H,5H2,1-4H3. The Balaban J connectivity index is 0. The Labute approximate surface area is 272 Å². The van der Waals surface area contributed by atoms with E-state index in [1.807, 2.05) is 45.9 Å². The smallest absolute Gasteiger partial charge is 0.320 e. The van der Waals surface area contributed by atoms with Crippen molar-refractivity contribution in [2.24, 2.45) is 17.8 Å². The van der Waals surface area contributed by atoms with Gasteiger partial charge in [0.25, 0.3) is 0 Å². The lowest BCUT2D eigenvalue weighted by molar-refractivity contribution is -0.124. The molecule has 0 aliphatic heterocycles. The molecule has 0 saturated heterocycles. The quantitative estimate of drug-likeness (QED) is 0.0908. The number of aliphatic hydroxyl groups is 4. The van der Waals surface area contributed by atoms with Crippen molar-refractivity contribution < 1.29 is 35.0 Å². The van der Waals surface area contributed by atoms with E-state index in [1.54, 1.807) is 19.8 Å². The van der Waals surface area contributed by atoms with Gasteiger partial charge in [-0.05, 0) is 56.7 Å². The SMILES string of the molecule is C=C(NC(C)C)C(C)C.CB(O)c1cccc(NC(=O)C(C)C)c1.CCC(O)C(O)C(O)C(O)CNCCCNC(=O)C(C)C. The Morgan fingerprint density at radius 2 is 1.40 bits per heavy atom. The van der Waals surface area contributed by atoms with E-state index in [0.29, 0.717) is 37.9 Å². The lowest BCUT2D eigenvalue weighted by Crippen LogP contribution is -2.48. The van der Waals surface area contributed by atoms with Crippen LogP contribution in [0.3, 0.4) is 0 Å². The molecule has 0 fully saturated rings. The monoisotopic (exact) mass is 638 g/mol. The third-order valence-electron chi connectivity index (χ3n) is 6.60. The van der Waals surface area contributed by atoms with E-state index in [1.165, 1.54) is 0 Å². The van der Waals surface area contributed by atoms with Gasteiger partial charge < -0.3 is 46.7 Å². The van der Waals surface area contributed by atoms with Crippen LogP contribution in [0.4, 0.5) is 5.69 Å². The van der Waals surface area contributed by atoms with Crippen molar-refractivity contribution in [3.05, 3.63) is 36.5 Å². The molecule has 1 aromatic carbocycles. The third-order valence-corrected chi connectivity index (χ3v) is 6.60. The number of nitrogens with one attached hydrogen (secondary N) is 4. The number of carbonyl (C=O) groups excluding carboxylic acids is 2. The average molecular weight is 639 g/mol. The molecule has 0 radical (unpaired) electrons. The zero-order valence-corrected chi connectivity index (χ0v) is 29.3. The van der Waals surface area contributed by atoms with Gasteiger partial charge in [-0.1, -0.05) is 74.0 Å². The summed E-state index contributed by atoms with van der Waals surface area (Å²) in [6, 6.07) is 7.75. The summed E-state index contributed by atoms with van der Waals surface area (Å²) >= 11 is 0. The second-order valence-electron chi connectivity index (χ2n) is 12.5. The number of aliphatic hydroxyl groups excluding tert-OH is 4. The number of amides is 2. The Morgan fingerprint density at radius 3 is 1.84 bits per heavy atom. The first-order valence-corrected chi connectivity index (χ1v) is 16.1. The molecule has 0 bridgehead atoms. The molecule has 0 saturated carbocycles. The highest BCUT2D eigenvalue weighted by atomic mass is 16.4. The molecule has 0 aromatic heterocycles. The first kappa shape index (κ1) is 44.6. The number of hydrogen-bond acceptors (Lipinski definition) is 9. The van der Waals surface area contributed by atoms with E-state index >= 15 is 0 Å². The van der Waals surface area contributed by atoms with Crippen LogP contribution in [0, 0.1) is 17.8 Å². The molecular formula is C33H63BN4O7. The maximum atomic E-state index is 11.4. The number of allylic oxidation sites excluding steroid dienone is 1. The molecule has 0 aliphatic rings. The van der Waals surface area contributed by atoms with Crippen LogP contribution in [0.25, 0.3) is 0 Å². The highest BCUT2D eigenvalue weighted by molar-refractivity contribution is 6.64. The number of hydrogen-bond donors (Lipinski definition) is 9. The van der Waals surface area contributed by atoms with Crippen LogP contribution < -0.4 is 26.7 Å². The Hall–Kier alpha value is -2.48. The van der Waals surface area contributed by atoms with Gasteiger partial charge >= 0.3 is 6.92 Å². The van der Waals surface area contributed by atoms with Crippen LogP contribution in [0.1, 0.15) is 75.2 Å². The van der Waals surface area contributed by atoms with Crippen molar-refractivity contribution in [1.82, 2.24) is 16.0 Å². The molecule has 12 heteroatoms. The minimum absolute atomic E-state index is 0.00197. The lowest BCUT2D eigenvalue weighted by atomic mass is 9.64. The first-order valence-electron chi connectivity index (χ1n) is 16.1. The summed E-state index contributed by atoms with van der Waals surface area (Å²) in [5.41, 5.74) is 2.66. The number of benzene rings is 1. The minimum Gasteiger partial charge on any atom is -0.446 e. The van der Waals surface area contributed by atoms with Crippen LogP contribution in [0.5, 0.6) is 0 Å². The van der Waals surface area contributed by atoms with Gasteiger partial charge in [-0.15, -0.1) is 0 Å². The highest BCUT2D eigenvalue weighted by Gasteiger charge is 2.29. The largest absolute Gasteiger partial charge is 0.446 e. The zero-order chi connectivity index (χ0) is 35.3. The second kappa shape index (κ2) is 24.7.